The molecule has 0 aromatic carbocycles. The topological polar surface area (TPSA) is 41.1 Å². The van der Waals surface area contributed by atoms with E-state index in [2.05, 4.69) is 40.6 Å². The molecule has 0 fully saturated rings. The number of hydrogen-bond donors (Lipinski definition) is 1. The van der Waals surface area contributed by atoms with Crippen molar-refractivity contribution < 1.29 is 0 Å². The van der Waals surface area contributed by atoms with E-state index in [-0.39, 0.29) is 0 Å². The van der Waals surface area contributed by atoms with Crippen molar-refractivity contribution in [2.75, 3.05) is 26.0 Å². The van der Waals surface area contributed by atoms with Crippen molar-refractivity contribution in [1.29, 1.82) is 0 Å². The lowest BCUT2D eigenvalue weighted by molar-refractivity contribution is 0.392. The van der Waals surface area contributed by atoms with Crippen molar-refractivity contribution in [2.24, 2.45) is 0 Å². The lowest BCUT2D eigenvalue weighted by Crippen LogP contribution is -2.29. The summed E-state index contributed by atoms with van der Waals surface area (Å²) in [6, 6.07) is 0.405. The molecule has 0 aliphatic rings. The summed E-state index contributed by atoms with van der Waals surface area (Å²) in [7, 11) is 4.12. The van der Waals surface area contributed by atoms with Crippen molar-refractivity contribution in [1.82, 2.24) is 14.3 Å². The average molecular weight is 200 g/mol. The summed E-state index contributed by atoms with van der Waals surface area (Å²) < 4.78 is 4.10. The van der Waals surface area contributed by atoms with Gasteiger partial charge in [-0.15, -0.1) is 0 Å². The molecule has 1 heterocycles. The monoisotopic (exact) mass is 200 g/mol. The number of rotatable bonds is 4. The fraction of sp³-hybridized carbons (Fsp3) is 0.750. The Morgan fingerprint density at radius 1 is 1.54 bits per heavy atom. The van der Waals surface area contributed by atoms with E-state index in [0.717, 1.165) is 17.5 Å². The molecule has 0 aliphatic heterocycles. The van der Waals surface area contributed by atoms with Crippen LogP contribution in [-0.4, -0.2) is 40.9 Å². The third-order valence-electron chi connectivity index (χ3n) is 1.54. The molecule has 13 heavy (non-hydrogen) atoms. The van der Waals surface area contributed by atoms with Gasteiger partial charge in [-0.3, -0.25) is 0 Å². The van der Waals surface area contributed by atoms with Gasteiger partial charge in [-0.1, -0.05) is 0 Å². The standard InChI is InChI=1S/C8H16N4S/c1-6(5-12(3)4)9-8-10-7(2)11-13-8/h6H,5H2,1-4H3,(H,9,10,11)/t6-/m0/s1. The predicted octanol–water partition coefficient (Wildman–Crippen LogP) is 1.21. The Balaban J connectivity index is 2.40. The van der Waals surface area contributed by atoms with Crippen LogP contribution in [0.15, 0.2) is 0 Å². The number of nitrogens with zero attached hydrogens (tertiary/aromatic N) is 3. The van der Waals surface area contributed by atoms with Gasteiger partial charge < -0.3 is 10.2 Å². The smallest absolute Gasteiger partial charge is 0.202 e. The van der Waals surface area contributed by atoms with Crippen LogP contribution in [0.3, 0.4) is 0 Å². The van der Waals surface area contributed by atoms with E-state index in [1.807, 2.05) is 6.92 Å². The highest BCUT2D eigenvalue weighted by molar-refractivity contribution is 7.09. The maximum atomic E-state index is 4.24. The van der Waals surface area contributed by atoms with Gasteiger partial charge in [0.25, 0.3) is 0 Å². The first-order chi connectivity index (χ1) is 6.08. The van der Waals surface area contributed by atoms with Crippen LogP contribution in [0.1, 0.15) is 12.7 Å². The van der Waals surface area contributed by atoms with Crippen LogP contribution in [0.4, 0.5) is 5.13 Å². The molecule has 74 valence electrons. The summed E-state index contributed by atoms with van der Waals surface area (Å²) in [4.78, 5) is 6.38. The zero-order valence-corrected chi connectivity index (χ0v) is 9.35. The van der Waals surface area contributed by atoms with Gasteiger partial charge in [0.05, 0.1) is 0 Å². The summed E-state index contributed by atoms with van der Waals surface area (Å²) in [6.07, 6.45) is 0. The first-order valence-corrected chi connectivity index (χ1v) is 5.07. The molecule has 0 unspecified atom stereocenters. The van der Waals surface area contributed by atoms with E-state index in [9.17, 15) is 0 Å². The lowest BCUT2D eigenvalue weighted by atomic mass is 10.3. The minimum atomic E-state index is 0.405. The predicted molar refractivity (Wildman–Crippen MR) is 56.3 cm³/mol. The Hall–Kier alpha value is -0.680. The molecule has 4 nitrogen and oxygen atoms in total. The molecule has 0 amide bonds. The van der Waals surface area contributed by atoms with E-state index < -0.39 is 0 Å². The van der Waals surface area contributed by atoms with Crippen LogP contribution >= 0.6 is 11.5 Å². The second-order valence-corrected chi connectivity index (χ2v) is 4.21. The first-order valence-electron chi connectivity index (χ1n) is 4.29. The summed E-state index contributed by atoms with van der Waals surface area (Å²) in [5.74, 6) is 0.838. The Kier molecular flexibility index (Phi) is 3.62. The van der Waals surface area contributed by atoms with E-state index in [0.29, 0.717) is 6.04 Å². The van der Waals surface area contributed by atoms with Gasteiger partial charge in [0, 0.05) is 24.1 Å². The van der Waals surface area contributed by atoms with Gasteiger partial charge in [-0.05, 0) is 27.9 Å². The quantitative estimate of drug-likeness (QED) is 0.793. The fourth-order valence-electron chi connectivity index (χ4n) is 1.16. The van der Waals surface area contributed by atoms with Crippen molar-refractivity contribution in [3.63, 3.8) is 0 Å². The number of aromatic nitrogens is 2. The maximum absolute atomic E-state index is 4.24. The Bertz CT molecular complexity index is 258. The van der Waals surface area contributed by atoms with Gasteiger partial charge in [-0.25, -0.2) is 4.98 Å². The Morgan fingerprint density at radius 3 is 2.69 bits per heavy atom. The van der Waals surface area contributed by atoms with E-state index in [4.69, 9.17) is 0 Å². The molecule has 1 N–H and O–H groups in total. The molecule has 0 saturated heterocycles. The molecule has 0 radical (unpaired) electrons. The largest absolute Gasteiger partial charge is 0.357 e. The number of anilines is 1. The number of likely N-dealkylation sites (N-methyl/N-ethyl adjacent to an activating group) is 1. The highest BCUT2D eigenvalue weighted by Crippen LogP contribution is 2.11. The normalized spacial score (nSPS) is 13.3. The molecule has 1 atom stereocenters. The molecule has 0 spiro atoms. The summed E-state index contributed by atoms with van der Waals surface area (Å²) >= 11 is 1.41. The average Bonchev–Trinajstić information content (AvgIpc) is 2.33. The van der Waals surface area contributed by atoms with Crippen LogP contribution in [0.2, 0.25) is 0 Å². The number of aryl methyl sites for hydroxylation is 1. The van der Waals surface area contributed by atoms with Gasteiger partial charge in [-0.2, -0.15) is 4.37 Å². The van der Waals surface area contributed by atoms with E-state index >= 15 is 0 Å². The van der Waals surface area contributed by atoms with Gasteiger partial charge >= 0.3 is 0 Å². The summed E-state index contributed by atoms with van der Waals surface area (Å²) in [5.41, 5.74) is 0. The molecule has 1 aromatic heterocycles. The van der Waals surface area contributed by atoms with Crippen molar-refractivity contribution in [3.8, 4) is 0 Å². The fourth-order valence-corrected chi connectivity index (χ4v) is 1.85. The molecule has 0 bridgehead atoms. The van der Waals surface area contributed by atoms with E-state index in [1.165, 1.54) is 11.5 Å². The number of nitrogens with one attached hydrogen (secondary N) is 1. The molecule has 1 rings (SSSR count). The lowest BCUT2D eigenvalue weighted by Gasteiger charge is -2.17. The highest BCUT2D eigenvalue weighted by Gasteiger charge is 2.05. The van der Waals surface area contributed by atoms with Crippen molar-refractivity contribution in [2.45, 2.75) is 19.9 Å². The van der Waals surface area contributed by atoms with Crippen LogP contribution < -0.4 is 5.32 Å². The molecule has 0 aliphatic carbocycles. The van der Waals surface area contributed by atoms with Crippen LogP contribution in [0, 0.1) is 6.92 Å². The minimum absolute atomic E-state index is 0.405. The molecule has 1 aromatic rings. The first kappa shape index (κ1) is 10.4. The van der Waals surface area contributed by atoms with Crippen LogP contribution in [-0.2, 0) is 0 Å². The maximum Gasteiger partial charge on any atom is 0.202 e. The Morgan fingerprint density at radius 2 is 2.23 bits per heavy atom. The van der Waals surface area contributed by atoms with Gasteiger partial charge in [0.15, 0.2) is 0 Å². The van der Waals surface area contributed by atoms with Crippen LogP contribution in [0.5, 0.6) is 0 Å². The van der Waals surface area contributed by atoms with Crippen molar-refractivity contribution >= 4 is 16.7 Å². The zero-order chi connectivity index (χ0) is 9.84. The second kappa shape index (κ2) is 4.53. The van der Waals surface area contributed by atoms with Gasteiger partial charge in [0.1, 0.15) is 5.82 Å². The molecular weight excluding hydrogens is 184 g/mol. The van der Waals surface area contributed by atoms with Crippen molar-refractivity contribution in [3.05, 3.63) is 5.82 Å². The Labute approximate surface area is 83.2 Å². The second-order valence-electron chi connectivity index (χ2n) is 3.45. The third-order valence-corrected chi connectivity index (χ3v) is 2.27. The highest BCUT2D eigenvalue weighted by atomic mass is 32.1. The molecule has 5 heteroatoms. The minimum Gasteiger partial charge on any atom is -0.357 e. The van der Waals surface area contributed by atoms with Crippen LogP contribution in [0.25, 0.3) is 0 Å². The molecular formula is C8H16N4S. The zero-order valence-electron chi connectivity index (χ0n) is 8.53. The summed E-state index contributed by atoms with van der Waals surface area (Å²) in [6.45, 7) is 5.04. The van der Waals surface area contributed by atoms with E-state index in [1.54, 1.807) is 0 Å². The van der Waals surface area contributed by atoms with Gasteiger partial charge in [0.2, 0.25) is 5.13 Å². The molecule has 0 saturated carbocycles. The third kappa shape index (κ3) is 3.69. The number of hydrogen-bond acceptors (Lipinski definition) is 5. The summed E-state index contributed by atoms with van der Waals surface area (Å²) in [5, 5.41) is 4.21. The SMILES string of the molecule is Cc1nsc(N[C@@H](C)CN(C)C)n1.